The molecule has 12 aromatic rings. The molecule has 0 N–H and O–H groups in total. The van der Waals surface area contributed by atoms with E-state index in [9.17, 15) is 0 Å². The fraction of sp³-hybridized carbons (Fsp3) is 0. The summed E-state index contributed by atoms with van der Waals surface area (Å²) in [6.07, 6.45) is 0. The van der Waals surface area contributed by atoms with Gasteiger partial charge in [-0.3, -0.25) is 0 Å². The fourth-order valence-electron chi connectivity index (χ4n) is 9.05. The van der Waals surface area contributed by atoms with Crippen molar-refractivity contribution >= 4 is 65.6 Å². The molecular weight excluding hydrogens is 693 g/mol. The lowest BCUT2D eigenvalue weighted by atomic mass is 10.0. The minimum atomic E-state index is 0.906. The number of aromatic nitrogens is 2. The van der Waals surface area contributed by atoms with Crippen LogP contribution in [0.3, 0.4) is 0 Å². The largest absolute Gasteiger partial charge is 0.456 e. The molecule has 0 aliphatic rings. The molecule has 0 aliphatic carbocycles. The van der Waals surface area contributed by atoms with Crippen LogP contribution in [0.5, 0.6) is 0 Å². The van der Waals surface area contributed by atoms with E-state index in [-0.39, 0.29) is 0 Å². The van der Waals surface area contributed by atoms with Crippen LogP contribution in [-0.2, 0) is 0 Å². The molecule has 0 radical (unpaired) electrons. The van der Waals surface area contributed by atoms with Crippen molar-refractivity contribution in [2.45, 2.75) is 0 Å². The number of benzene rings is 9. The monoisotopic (exact) mass is 726 g/mol. The summed E-state index contributed by atoms with van der Waals surface area (Å²) < 4.78 is 11.1. The molecule has 0 saturated carbocycles. The summed E-state index contributed by atoms with van der Waals surface area (Å²) in [6.45, 7) is 0. The molecule has 0 unspecified atom stereocenters. The van der Waals surface area contributed by atoms with Gasteiger partial charge in [-0.2, -0.15) is 0 Å². The van der Waals surface area contributed by atoms with Crippen LogP contribution in [0.2, 0.25) is 0 Å². The van der Waals surface area contributed by atoms with Crippen molar-refractivity contribution in [2.24, 2.45) is 0 Å². The van der Waals surface area contributed by atoms with Crippen LogP contribution in [0.1, 0.15) is 0 Å². The van der Waals surface area contributed by atoms with Gasteiger partial charge in [-0.1, -0.05) is 127 Å². The molecule has 266 valence electrons. The van der Waals surface area contributed by atoms with Crippen LogP contribution in [0.15, 0.2) is 211 Å². The van der Waals surface area contributed by atoms with E-state index in [0.717, 1.165) is 44.4 Å². The fourth-order valence-corrected chi connectivity index (χ4v) is 9.05. The first-order valence-electron chi connectivity index (χ1n) is 19.5. The highest BCUT2D eigenvalue weighted by Crippen LogP contribution is 2.40. The number of para-hydroxylation sites is 3. The normalized spacial score (nSPS) is 11.9. The van der Waals surface area contributed by atoms with Gasteiger partial charge >= 0.3 is 0 Å². The molecule has 12 rings (SSSR count). The van der Waals surface area contributed by atoms with E-state index < -0.39 is 0 Å². The van der Waals surface area contributed by atoms with Gasteiger partial charge in [0.05, 0.1) is 22.1 Å². The SMILES string of the molecule is c1ccc(-c2cccc(-n3c4ccccc4c4cc(-c5ccc6c(c5)c5ccccc5n6-c5cccc(-c6ccc7c(c6)oc6ccccc67)c5)ccc43)c2)cc1. The second-order valence-corrected chi connectivity index (χ2v) is 14.9. The Bertz CT molecular complexity index is 3530. The number of furan rings is 1. The molecule has 0 bridgehead atoms. The van der Waals surface area contributed by atoms with Crippen molar-refractivity contribution < 1.29 is 4.42 Å². The van der Waals surface area contributed by atoms with Gasteiger partial charge in [-0.05, 0) is 112 Å². The molecule has 57 heavy (non-hydrogen) atoms. The summed E-state index contributed by atoms with van der Waals surface area (Å²) in [5.41, 5.74) is 16.0. The third-order valence-electron chi connectivity index (χ3n) is 11.7. The summed E-state index contributed by atoms with van der Waals surface area (Å²) in [5, 5.41) is 7.25. The lowest BCUT2D eigenvalue weighted by Gasteiger charge is -2.11. The quantitative estimate of drug-likeness (QED) is 0.173. The van der Waals surface area contributed by atoms with Crippen molar-refractivity contribution in [3.63, 3.8) is 0 Å². The van der Waals surface area contributed by atoms with Crippen LogP contribution in [0.25, 0.3) is 110 Å². The average molecular weight is 727 g/mol. The maximum Gasteiger partial charge on any atom is 0.136 e. The summed E-state index contributed by atoms with van der Waals surface area (Å²) in [7, 11) is 0. The van der Waals surface area contributed by atoms with E-state index in [1.54, 1.807) is 0 Å². The van der Waals surface area contributed by atoms with Crippen molar-refractivity contribution in [1.29, 1.82) is 0 Å². The van der Waals surface area contributed by atoms with Crippen LogP contribution in [-0.4, -0.2) is 9.13 Å². The Kier molecular flexibility index (Phi) is 6.93. The number of nitrogens with zero attached hydrogens (tertiary/aromatic N) is 2. The minimum Gasteiger partial charge on any atom is -0.456 e. The Morgan fingerprint density at radius 3 is 1.32 bits per heavy atom. The number of hydrogen-bond donors (Lipinski definition) is 0. The molecule has 0 aliphatic heterocycles. The first-order chi connectivity index (χ1) is 28.2. The maximum atomic E-state index is 6.26. The Hall–Kier alpha value is -7.62. The van der Waals surface area contributed by atoms with E-state index >= 15 is 0 Å². The van der Waals surface area contributed by atoms with Gasteiger partial charge in [-0.15, -0.1) is 0 Å². The topological polar surface area (TPSA) is 23.0 Å². The zero-order valence-electron chi connectivity index (χ0n) is 30.9. The smallest absolute Gasteiger partial charge is 0.136 e. The zero-order chi connectivity index (χ0) is 37.5. The lowest BCUT2D eigenvalue weighted by Crippen LogP contribution is -1.94. The van der Waals surface area contributed by atoms with E-state index in [1.807, 2.05) is 12.1 Å². The van der Waals surface area contributed by atoms with Crippen molar-refractivity contribution in [3.8, 4) is 44.8 Å². The van der Waals surface area contributed by atoms with Crippen LogP contribution >= 0.6 is 0 Å². The van der Waals surface area contributed by atoms with Crippen LogP contribution in [0, 0.1) is 0 Å². The average Bonchev–Trinajstić information content (AvgIpc) is 3.94. The first kappa shape index (κ1) is 31.7. The molecular formula is C54H34N2O. The van der Waals surface area contributed by atoms with E-state index in [2.05, 4.69) is 203 Å². The first-order valence-corrected chi connectivity index (χ1v) is 19.5. The Balaban J connectivity index is 0.972. The zero-order valence-corrected chi connectivity index (χ0v) is 30.9. The Morgan fingerprint density at radius 1 is 0.246 bits per heavy atom. The predicted octanol–water partition coefficient (Wildman–Crippen LogP) is 14.8. The molecule has 0 atom stereocenters. The van der Waals surface area contributed by atoms with E-state index in [4.69, 9.17) is 4.42 Å². The number of fused-ring (bicyclic) bond motifs is 9. The molecule has 3 aromatic heterocycles. The van der Waals surface area contributed by atoms with Gasteiger partial charge in [0, 0.05) is 43.7 Å². The molecule has 0 saturated heterocycles. The summed E-state index contributed by atoms with van der Waals surface area (Å²) in [5.74, 6) is 0. The standard InChI is InChI=1S/C54H34N2O/c1-2-12-35(13-3-1)36-14-10-16-41(30-36)55-49-21-7-4-18-43(49)47-32-38(25-28-51(47)55)39-26-29-52-48(33-39)44-19-5-8-22-50(44)56(52)42-17-11-15-37(31-42)40-24-27-46-45-20-6-9-23-53(45)57-54(46)34-40/h1-34H. The van der Waals surface area contributed by atoms with E-state index in [1.165, 1.54) is 65.9 Å². The van der Waals surface area contributed by atoms with Gasteiger partial charge < -0.3 is 13.6 Å². The van der Waals surface area contributed by atoms with Gasteiger partial charge in [-0.25, -0.2) is 0 Å². The predicted molar refractivity (Wildman–Crippen MR) is 239 cm³/mol. The van der Waals surface area contributed by atoms with Crippen LogP contribution < -0.4 is 0 Å². The molecule has 3 heteroatoms. The van der Waals surface area contributed by atoms with Crippen LogP contribution in [0.4, 0.5) is 0 Å². The summed E-state index contributed by atoms with van der Waals surface area (Å²) in [4.78, 5) is 0. The number of rotatable bonds is 5. The Morgan fingerprint density at radius 2 is 0.684 bits per heavy atom. The molecule has 0 amide bonds. The molecule has 0 fully saturated rings. The molecule has 9 aromatic carbocycles. The Labute approximate surface area is 328 Å². The molecule has 3 nitrogen and oxygen atoms in total. The maximum absolute atomic E-state index is 6.26. The second kappa shape index (κ2) is 12.5. The highest BCUT2D eigenvalue weighted by molar-refractivity contribution is 6.13. The summed E-state index contributed by atoms with van der Waals surface area (Å²) in [6, 6.07) is 74.6. The van der Waals surface area contributed by atoms with E-state index in [0.29, 0.717) is 0 Å². The molecule has 3 heterocycles. The van der Waals surface area contributed by atoms with Crippen molar-refractivity contribution in [2.75, 3.05) is 0 Å². The van der Waals surface area contributed by atoms with Crippen molar-refractivity contribution in [1.82, 2.24) is 9.13 Å². The number of hydrogen-bond acceptors (Lipinski definition) is 1. The van der Waals surface area contributed by atoms with Gasteiger partial charge in [0.1, 0.15) is 11.2 Å². The lowest BCUT2D eigenvalue weighted by molar-refractivity contribution is 0.669. The van der Waals surface area contributed by atoms with Gasteiger partial charge in [0.15, 0.2) is 0 Å². The third-order valence-corrected chi connectivity index (χ3v) is 11.7. The summed E-state index contributed by atoms with van der Waals surface area (Å²) >= 11 is 0. The second-order valence-electron chi connectivity index (χ2n) is 14.9. The van der Waals surface area contributed by atoms with Gasteiger partial charge in [0.2, 0.25) is 0 Å². The van der Waals surface area contributed by atoms with Crippen molar-refractivity contribution in [3.05, 3.63) is 206 Å². The minimum absolute atomic E-state index is 0.906. The molecule has 0 spiro atoms. The highest BCUT2D eigenvalue weighted by Gasteiger charge is 2.17. The highest BCUT2D eigenvalue weighted by atomic mass is 16.3. The third kappa shape index (κ3) is 4.99. The van der Waals surface area contributed by atoms with Gasteiger partial charge in [0.25, 0.3) is 0 Å².